The summed E-state index contributed by atoms with van der Waals surface area (Å²) in [6, 6.07) is 5.65. The number of aromatic nitrogens is 2. The number of halogens is 2. The van der Waals surface area contributed by atoms with Crippen LogP contribution in [0.15, 0.2) is 23.0 Å². The van der Waals surface area contributed by atoms with E-state index in [4.69, 9.17) is 33.6 Å². The summed E-state index contributed by atoms with van der Waals surface area (Å²) in [5.74, 6) is 1.07. The van der Waals surface area contributed by atoms with E-state index in [0.717, 1.165) is 37.7 Å². The Balaban J connectivity index is 2.35. The molecule has 0 aliphatic carbocycles. The molecular weight excluding hydrogens is 443 g/mol. The zero-order valence-electron chi connectivity index (χ0n) is 19.5. The van der Waals surface area contributed by atoms with Gasteiger partial charge in [-0.2, -0.15) is 0 Å². The minimum Gasteiger partial charge on any atom is -0.367 e. The van der Waals surface area contributed by atoms with Gasteiger partial charge in [-0.25, -0.2) is 4.98 Å². The quantitative estimate of drug-likeness (QED) is 0.195. The first kappa shape index (κ1) is 26.4. The van der Waals surface area contributed by atoms with Crippen LogP contribution < -0.4 is 10.9 Å². The molecule has 1 unspecified atom stereocenters. The van der Waals surface area contributed by atoms with Crippen molar-refractivity contribution >= 4 is 34.7 Å². The van der Waals surface area contributed by atoms with Crippen molar-refractivity contribution in [3.63, 3.8) is 0 Å². The zero-order chi connectivity index (χ0) is 23.5. The van der Waals surface area contributed by atoms with E-state index in [2.05, 4.69) is 24.1 Å². The molecule has 1 aromatic carbocycles. The molecular formula is C25H36Cl2N4O. The third-order valence-corrected chi connectivity index (χ3v) is 6.25. The van der Waals surface area contributed by atoms with Crippen LogP contribution in [-0.2, 0) is 6.42 Å². The Hall–Kier alpha value is -1.85. The largest absolute Gasteiger partial charge is 0.367 e. The molecule has 176 valence electrons. The second kappa shape index (κ2) is 13.6. The van der Waals surface area contributed by atoms with Crippen LogP contribution in [0.1, 0.15) is 95.5 Å². The Bertz CT molecular complexity index is 942. The van der Waals surface area contributed by atoms with Crippen molar-refractivity contribution in [1.29, 1.82) is 5.41 Å². The van der Waals surface area contributed by atoms with E-state index in [1.54, 1.807) is 12.1 Å². The monoisotopic (exact) mass is 478 g/mol. The molecule has 1 aromatic heterocycles. The number of benzene rings is 1. The summed E-state index contributed by atoms with van der Waals surface area (Å²) in [7, 11) is 0. The summed E-state index contributed by atoms with van der Waals surface area (Å²) in [5, 5.41) is 13.0. The van der Waals surface area contributed by atoms with Crippen molar-refractivity contribution < 1.29 is 0 Å². The highest BCUT2D eigenvalue weighted by molar-refractivity contribution is 6.42. The zero-order valence-corrected chi connectivity index (χ0v) is 21.0. The third kappa shape index (κ3) is 7.93. The van der Waals surface area contributed by atoms with E-state index in [1.807, 2.05) is 13.0 Å². The number of anilines is 1. The van der Waals surface area contributed by atoms with Crippen molar-refractivity contribution in [2.75, 3.05) is 5.32 Å². The minimum absolute atomic E-state index is 0.233. The second-order valence-electron chi connectivity index (χ2n) is 8.37. The van der Waals surface area contributed by atoms with Crippen molar-refractivity contribution in [2.24, 2.45) is 0 Å². The smallest absolute Gasteiger partial charge is 0.262 e. The molecule has 0 spiro atoms. The molecule has 5 nitrogen and oxygen atoms in total. The van der Waals surface area contributed by atoms with Gasteiger partial charge in [0, 0.05) is 18.2 Å². The van der Waals surface area contributed by atoms with Gasteiger partial charge in [-0.05, 0) is 37.0 Å². The number of nitrogens with zero attached hydrogens (tertiary/aromatic N) is 1. The minimum atomic E-state index is -0.266. The Morgan fingerprint density at radius 1 is 1.06 bits per heavy atom. The van der Waals surface area contributed by atoms with E-state index in [1.165, 1.54) is 19.3 Å². The molecule has 0 fully saturated rings. The maximum Gasteiger partial charge on any atom is 0.262 e. The van der Waals surface area contributed by atoms with Gasteiger partial charge in [0.05, 0.1) is 10.0 Å². The van der Waals surface area contributed by atoms with E-state index < -0.39 is 0 Å². The topological polar surface area (TPSA) is 81.6 Å². The first-order valence-corrected chi connectivity index (χ1v) is 12.6. The number of unbranched alkanes of at least 4 members (excludes halogenated alkanes) is 3. The van der Waals surface area contributed by atoms with Gasteiger partial charge in [0.1, 0.15) is 17.2 Å². The Morgan fingerprint density at radius 2 is 1.84 bits per heavy atom. The van der Waals surface area contributed by atoms with Crippen molar-refractivity contribution in [3.8, 4) is 0 Å². The molecule has 1 atom stereocenters. The fraction of sp³-hybridized carbons (Fsp3) is 0.560. The molecule has 0 amide bonds. The lowest BCUT2D eigenvalue weighted by Gasteiger charge is -2.21. The first-order chi connectivity index (χ1) is 15.4. The highest BCUT2D eigenvalue weighted by Crippen LogP contribution is 2.24. The van der Waals surface area contributed by atoms with Gasteiger partial charge in [0.2, 0.25) is 0 Å². The van der Waals surface area contributed by atoms with Crippen molar-refractivity contribution in [3.05, 3.63) is 55.5 Å². The van der Waals surface area contributed by atoms with Crippen LogP contribution in [0.5, 0.6) is 0 Å². The average molecular weight is 479 g/mol. The molecule has 2 rings (SSSR count). The standard InChI is InChI=1S/C25H36Cl2N4O/c1-4-7-8-9-12-18(10-5-2)29-24-23(21(28)11-6-3)25(32)31-22(30-24)16-17-13-14-19(26)20(27)15-17/h13-15,18,28H,4-12,16H2,1-3H3,(H2,29,30,31,32). The Morgan fingerprint density at radius 3 is 2.50 bits per heavy atom. The molecule has 0 aliphatic heterocycles. The van der Waals surface area contributed by atoms with Gasteiger partial charge in [0.25, 0.3) is 5.56 Å². The molecule has 32 heavy (non-hydrogen) atoms. The molecule has 0 bridgehead atoms. The lowest BCUT2D eigenvalue weighted by molar-refractivity contribution is 0.539. The maximum absolute atomic E-state index is 13.0. The molecule has 0 radical (unpaired) electrons. The third-order valence-electron chi connectivity index (χ3n) is 5.51. The molecule has 3 N–H and O–H groups in total. The number of nitrogens with one attached hydrogen (secondary N) is 3. The summed E-state index contributed by atoms with van der Waals surface area (Å²) in [6.07, 6.45) is 9.66. The summed E-state index contributed by atoms with van der Waals surface area (Å²) < 4.78 is 0. The van der Waals surface area contributed by atoms with Crippen molar-refractivity contribution in [2.45, 2.75) is 91.0 Å². The SMILES string of the molecule is CCCCCCC(CCC)Nc1nc(Cc2ccc(Cl)c(Cl)c2)[nH]c(=O)c1C(=N)CCC. The van der Waals surface area contributed by atoms with Crippen LogP contribution in [0, 0.1) is 5.41 Å². The van der Waals surface area contributed by atoms with Crippen LogP contribution in [0.2, 0.25) is 10.0 Å². The lowest BCUT2D eigenvalue weighted by atomic mass is 10.0. The van der Waals surface area contributed by atoms with Gasteiger partial charge >= 0.3 is 0 Å². The van der Waals surface area contributed by atoms with Crippen LogP contribution in [0.4, 0.5) is 5.82 Å². The van der Waals surface area contributed by atoms with Gasteiger partial charge in [-0.3, -0.25) is 4.79 Å². The normalized spacial score (nSPS) is 12.0. The predicted molar refractivity (Wildman–Crippen MR) is 137 cm³/mol. The molecule has 7 heteroatoms. The van der Waals surface area contributed by atoms with Crippen molar-refractivity contribution in [1.82, 2.24) is 9.97 Å². The number of rotatable bonds is 14. The Labute approximate surface area is 201 Å². The van der Waals surface area contributed by atoms with Crippen LogP contribution >= 0.6 is 23.2 Å². The molecule has 0 saturated heterocycles. The number of hydrogen-bond acceptors (Lipinski definition) is 4. The lowest BCUT2D eigenvalue weighted by Crippen LogP contribution is -2.28. The maximum atomic E-state index is 13.0. The molecule has 2 aromatic rings. The van der Waals surface area contributed by atoms with E-state index in [-0.39, 0.29) is 11.6 Å². The van der Waals surface area contributed by atoms with E-state index >= 15 is 0 Å². The fourth-order valence-electron chi connectivity index (χ4n) is 3.85. The summed E-state index contributed by atoms with van der Waals surface area (Å²) in [4.78, 5) is 20.7. The Kier molecular flexibility index (Phi) is 11.3. The number of hydrogen-bond donors (Lipinski definition) is 3. The second-order valence-corrected chi connectivity index (χ2v) is 9.18. The van der Waals surface area contributed by atoms with Gasteiger partial charge in [-0.1, -0.05) is 88.6 Å². The number of aromatic amines is 1. The summed E-state index contributed by atoms with van der Waals surface area (Å²) >= 11 is 12.2. The van der Waals surface area contributed by atoms with Gasteiger partial charge in [-0.15, -0.1) is 0 Å². The number of H-pyrrole nitrogens is 1. The van der Waals surface area contributed by atoms with Crippen LogP contribution in [0.3, 0.4) is 0 Å². The highest BCUT2D eigenvalue weighted by Gasteiger charge is 2.19. The summed E-state index contributed by atoms with van der Waals surface area (Å²) in [5.41, 5.74) is 1.33. The molecule has 1 heterocycles. The highest BCUT2D eigenvalue weighted by atomic mass is 35.5. The summed E-state index contributed by atoms with van der Waals surface area (Å²) in [6.45, 7) is 6.39. The molecule has 0 aliphatic rings. The predicted octanol–water partition coefficient (Wildman–Crippen LogP) is 7.39. The van der Waals surface area contributed by atoms with E-state index in [9.17, 15) is 4.79 Å². The van der Waals surface area contributed by atoms with Crippen LogP contribution in [-0.4, -0.2) is 21.7 Å². The van der Waals surface area contributed by atoms with E-state index in [0.29, 0.717) is 45.8 Å². The first-order valence-electron chi connectivity index (χ1n) is 11.8. The molecule has 0 saturated carbocycles. The fourth-order valence-corrected chi connectivity index (χ4v) is 4.17. The van der Waals surface area contributed by atoms with Gasteiger partial charge < -0.3 is 15.7 Å². The van der Waals surface area contributed by atoms with Gasteiger partial charge in [0.15, 0.2) is 0 Å². The van der Waals surface area contributed by atoms with Crippen LogP contribution in [0.25, 0.3) is 0 Å². The average Bonchev–Trinajstić information content (AvgIpc) is 2.74.